The molecule has 3 aliphatic rings. The number of nitrogens with zero attached hydrogens (tertiary/aromatic N) is 5. The fourth-order valence-corrected chi connectivity index (χ4v) is 5.37. The van der Waals surface area contributed by atoms with Crippen LogP contribution in [-0.2, 0) is 14.3 Å². The van der Waals surface area contributed by atoms with Gasteiger partial charge in [-0.3, -0.25) is 14.9 Å². The Labute approximate surface area is 220 Å². The maximum absolute atomic E-state index is 13.7. The number of aliphatic imine (C=N–C) groups is 1. The molecule has 206 valence electrons. The summed E-state index contributed by atoms with van der Waals surface area (Å²) < 4.78 is 5.11. The molecule has 3 rings (SSSR count). The Balaban J connectivity index is 1.85. The van der Waals surface area contributed by atoms with E-state index in [9.17, 15) is 19.6 Å². The van der Waals surface area contributed by atoms with Crippen molar-refractivity contribution in [1.29, 1.82) is 5.26 Å². The maximum atomic E-state index is 13.7. The summed E-state index contributed by atoms with van der Waals surface area (Å²) in [5.74, 6) is 0.377. The highest BCUT2D eigenvalue weighted by Gasteiger charge is 2.38. The Morgan fingerprint density at radius 3 is 2.24 bits per heavy atom. The predicted molar refractivity (Wildman–Crippen MR) is 140 cm³/mol. The van der Waals surface area contributed by atoms with Gasteiger partial charge >= 0.3 is 6.09 Å². The standard InChI is InChI=1S/C26H43N7O4/c1-4-37-25(36)29-24(33-16-14-32(15-17-33)20(2)34)28-22(18-21-8-6-5-7-9-21)23(35)30-26(19-27)10-12-31(3)13-11-26/h21-22H,4-18H2,1-3H3,(H,30,35)(H,28,29,36)/t22-/m0/s1. The van der Waals surface area contributed by atoms with E-state index < -0.39 is 17.7 Å². The lowest BCUT2D eigenvalue weighted by Gasteiger charge is -2.38. The Morgan fingerprint density at radius 2 is 1.68 bits per heavy atom. The van der Waals surface area contributed by atoms with E-state index in [1.165, 1.54) is 6.42 Å². The minimum Gasteiger partial charge on any atom is -0.450 e. The fourth-order valence-electron chi connectivity index (χ4n) is 5.37. The molecule has 1 saturated carbocycles. The number of likely N-dealkylation sites (tertiary alicyclic amines) is 1. The van der Waals surface area contributed by atoms with E-state index in [0.717, 1.165) is 38.8 Å². The van der Waals surface area contributed by atoms with E-state index in [-0.39, 0.29) is 24.4 Å². The Hall–Kier alpha value is -2.87. The van der Waals surface area contributed by atoms with Gasteiger partial charge in [-0.15, -0.1) is 0 Å². The van der Waals surface area contributed by atoms with Crippen LogP contribution in [0.5, 0.6) is 0 Å². The highest BCUT2D eigenvalue weighted by Crippen LogP contribution is 2.29. The van der Waals surface area contributed by atoms with Gasteiger partial charge in [0.2, 0.25) is 17.8 Å². The van der Waals surface area contributed by atoms with Crippen LogP contribution in [0.2, 0.25) is 0 Å². The molecule has 2 aliphatic heterocycles. The lowest BCUT2D eigenvalue weighted by atomic mass is 9.84. The zero-order chi connectivity index (χ0) is 26.8. The lowest BCUT2D eigenvalue weighted by Crippen LogP contribution is -2.57. The summed E-state index contributed by atoms with van der Waals surface area (Å²) in [5.41, 5.74) is -0.911. The zero-order valence-corrected chi connectivity index (χ0v) is 22.6. The zero-order valence-electron chi connectivity index (χ0n) is 22.6. The van der Waals surface area contributed by atoms with E-state index in [2.05, 4.69) is 21.6 Å². The number of nitriles is 1. The number of piperazine rings is 1. The third-order valence-corrected chi connectivity index (χ3v) is 7.79. The second kappa shape index (κ2) is 13.6. The third-order valence-electron chi connectivity index (χ3n) is 7.79. The van der Waals surface area contributed by atoms with Gasteiger partial charge in [-0.2, -0.15) is 5.26 Å². The molecule has 37 heavy (non-hydrogen) atoms. The van der Waals surface area contributed by atoms with Crippen LogP contribution in [0.1, 0.15) is 65.2 Å². The molecule has 1 aliphatic carbocycles. The van der Waals surface area contributed by atoms with Gasteiger partial charge in [0.15, 0.2) is 0 Å². The molecule has 2 heterocycles. The lowest BCUT2D eigenvalue weighted by molar-refractivity contribution is -0.130. The SMILES string of the molecule is CCOC(=O)NC(=N[C@@H](CC1CCCCC1)C(=O)NC1(C#N)CCN(C)CC1)N1CCN(C(C)=O)CC1. The average Bonchev–Trinajstić information content (AvgIpc) is 2.90. The van der Waals surface area contributed by atoms with Crippen molar-refractivity contribution in [2.45, 2.75) is 76.8 Å². The van der Waals surface area contributed by atoms with E-state index in [0.29, 0.717) is 51.4 Å². The summed E-state index contributed by atoms with van der Waals surface area (Å²) in [6, 6.07) is 1.62. The van der Waals surface area contributed by atoms with Gasteiger partial charge in [-0.25, -0.2) is 9.79 Å². The van der Waals surface area contributed by atoms with Crippen molar-refractivity contribution in [1.82, 2.24) is 25.3 Å². The van der Waals surface area contributed by atoms with Crippen LogP contribution in [0.4, 0.5) is 4.79 Å². The van der Waals surface area contributed by atoms with E-state index in [1.54, 1.807) is 18.7 Å². The molecule has 11 heteroatoms. The van der Waals surface area contributed by atoms with Crippen LogP contribution in [0.15, 0.2) is 4.99 Å². The van der Waals surface area contributed by atoms with E-state index in [1.807, 2.05) is 11.9 Å². The van der Waals surface area contributed by atoms with Crippen LogP contribution in [0.25, 0.3) is 0 Å². The molecule has 1 atom stereocenters. The summed E-state index contributed by atoms with van der Waals surface area (Å²) in [6.07, 6.45) is 6.63. The van der Waals surface area contributed by atoms with Crippen LogP contribution < -0.4 is 10.6 Å². The van der Waals surface area contributed by atoms with Gasteiger partial charge in [-0.05, 0) is 39.2 Å². The summed E-state index contributed by atoms with van der Waals surface area (Å²) in [7, 11) is 2.01. The predicted octanol–water partition coefficient (Wildman–Crippen LogP) is 1.70. The van der Waals surface area contributed by atoms with Gasteiger partial charge in [0, 0.05) is 46.2 Å². The average molecular weight is 518 g/mol. The maximum Gasteiger partial charge on any atom is 0.413 e. The Morgan fingerprint density at radius 1 is 1.05 bits per heavy atom. The van der Waals surface area contributed by atoms with Gasteiger partial charge in [0.05, 0.1) is 12.7 Å². The number of carbonyl (C=O) groups excluding carboxylic acids is 3. The molecule has 3 fully saturated rings. The number of nitrogens with one attached hydrogen (secondary N) is 2. The van der Waals surface area contributed by atoms with Crippen LogP contribution >= 0.6 is 0 Å². The molecule has 11 nitrogen and oxygen atoms in total. The summed E-state index contributed by atoms with van der Waals surface area (Å²) in [4.78, 5) is 48.5. The number of carbonyl (C=O) groups is 3. The second-order valence-electron chi connectivity index (χ2n) is 10.5. The molecule has 0 unspecified atom stereocenters. The quantitative estimate of drug-likeness (QED) is 0.405. The van der Waals surface area contributed by atoms with Gasteiger partial charge < -0.3 is 24.8 Å². The number of guanidine groups is 1. The van der Waals surface area contributed by atoms with Crippen molar-refractivity contribution >= 4 is 23.9 Å². The normalized spacial score (nSPS) is 22.1. The van der Waals surface area contributed by atoms with E-state index in [4.69, 9.17) is 9.73 Å². The Bertz CT molecular complexity index is 865. The number of amides is 3. The largest absolute Gasteiger partial charge is 0.450 e. The molecule has 2 saturated heterocycles. The summed E-state index contributed by atoms with van der Waals surface area (Å²) in [6.45, 7) is 6.93. The minimum absolute atomic E-state index is 0.00553. The number of ether oxygens (including phenoxy) is 1. The first kappa shape index (κ1) is 28.7. The highest BCUT2D eigenvalue weighted by molar-refractivity contribution is 5.96. The summed E-state index contributed by atoms with van der Waals surface area (Å²) in [5, 5.41) is 15.8. The molecule has 0 aromatic heterocycles. The first-order valence-corrected chi connectivity index (χ1v) is 13.7. The number of hydrogen-bond donors (Lipinski definition) is 2. The molecular weight excluding hydrogens is 474 g/mol. The Kier molecular flexibility index (Phi) is 10.6. The number of alkyl carbamates (subject to hydrolysis) is 1. The fraction of sp³-hybridized carbons (Fsp3) is 0.808. The minimum atomic E-state index is -0.911. The summed E-state index contributed by atoms with van der Waals surface area (Å²) >= 11 is 0. The van der Waals surface area contributed by atoms with Crippen LogP contribution in [-0.4, -0.2) is 103 Å². The topological polar surface area (TPSA) is 130 Å². The number of rotatable bonds is 6. The van der Waals surface area contributed by atoms with Crippen molar-refractivity contribution < 1.29 is 19.1 Å². The first-order chi connectivity index (χ1) is 17.7. The third kappa shape index (κ3) is 8.32. The number of hydrogen-bond acceptors (Lipinski definition) is 7. The van der Waals surface area contributed by atoms with Crippen molar-refractivity contribution in [3.63, 3.8) is 0 Å². The van der Waals surface area contributed by atoms with Crippen molar-refractivity contribution in [3.05, 3.63) is 0 Å². The molecular formula is C26H43N7O4. The van der Waals surface area contributed by atoms with E-state index >= 15 is 0 Å². The molecule has 2 N–H and O–H groups in total. The monoisotopic (exact) mass is 517 g/mol. The number of piperidine rings is 1. The molecule has 0 radical (unpaired) electrons. The van der Waals surface area contributed by atoms with Crippen molar-refractivity contribution in [2.24, 2.45) is 10.9 Å². The first-order valence-electron chi connectivity index (χ1n) is 13.7. The van der Waals surface area contributed by atoms with Gasteiger partial charge in [0.1, 0.15) is 11.6 Å². The molecule has 0 bridgehead atoms. The van der Waals surface area contributed by atoms with Crippen molar-refractivity contribution in [3.8, 4) is 6.07 Å². The molecule has 3 amide bonds. The smallest absolute Gasteiger partial charge is 0.413 e. The second-order valence-corrected chi connectivity index (χ2v) is 10.5. The highest BCUT2D eigenvalue weighted by atomic mass is 16.5. The molecule has 0 spiro atoms. The van der Waals surface area contributed by atoms with Gasteiger partial charge in [-0.1, -0.05) is 32.1 Å². The molecule has 0 aromatic rings. The van der Waals surface area contributed by atoms with Gasteiger partial charge in [0.25, 0.3) is 0 Å². The van der Waals surface area contributed by atoms with Crippen molar-refractivity contribution in [2.75, 3.05) is 52.9 Å². The molecule has 0 aromatic carbocycles. The van der Waals surface area contributed by atoms with Crippen LogP contribution in [0, 0.1) is 17.2 Å². The van der Waals surface area contributed by atoms with Crippen LogP contribution in [0.3, 0.4) is 0 Å².